The summed E-state index contributed by atoms with van der Waals surface area (Å²) in [6.07, 6.45) is 3.46. The minimum absolute atomic E-state index is 0.417. The molecule has 4 nitrogen and oxygen atoms in total. The van der Waals surface area contributed by atoms with Crippen molar-refractivity contribution in [1.29, 1.82) is 0 Å². The molecule has 1 aliphatic carbocycles. The van der Waals surface area contributed by atoms with Crippen LogP contribution in [0.2, 0.25) is 5.02 Å². The van der Waals surface area contributed by atoms with Crippen molar-refractivity contribution in [3.05, 3.63) is 64.2 Å². The molecule has 130 valence electrons. The Balaban J connectivity index is 1.64. The van der Waals surface area contributed by atoms with Gasteiger partial charge in [-0.15, -0.1) is 0 Å². The molecule has 3 rings (SSSR count). The quantitative estimate of drug-likeness (QED) is 0.825. The van der Waals surface area contributed by atoms with Crippen molar-refractivity contribution in [3.8, 4) is 0 Å². The monoisotopic (exact) mass is 357 g/mol. The number of esters is 1. The third-order valence-corrected chi connectivity index (χ3v) is 4.70. The van der Waals surface area contributed by atoms with Gasteiger partial charge >= 0.3 is 5.97 Å². The van der Waals surface area contributed by atoms with Crippen LogP contribution in [-0.4, -0.2) is 18.0 Å². The highest BCUT2D eigenvalue weighted by molar-refractivity contribution is 6.33. The van der Waals surface area contributed by atoms with Crippen molar-refractivity contribution in [1.82, 2.24) is 0 Å². The zero-order chi connectivity index (χ0) is 17.8. The molecule has 0 aromatic heterocycles. The van der Waals surface area contributed by atoms with Gasteiger partial charge in [-0.05, 0) is 68.0 Å². The lowest BCUT2D eigenvalue weighted by Crippen LogP contribution is -2.30. The Kier molecular flexibility index (Phi) is 5.39. The number of ether oxygens (including phenoxy) is 1. The summed E-state index contributed by atoms with van der Waals surface area (Å²) in [5.41, 5.74) is 3.48. The molecule has 0 heterocycles. The SMILES string of the molecule is C[C@H](OC(=O)c1ccc2c(c1)CCCC2)C(=O)Nc1ccccc1Cl. The molecule has 1 N–H and O–H groups in total. The first kappa shape index (κ1) is 17.5. The number of para-hydroxylation sites is 1. The van der Waals surface area contributed by atoms with E-state index in [-0.39, 0.29) is 0 Å². The largest absolute Gasteiger partial charge is 0.449 e. The Morgan fingerprint density at radius 1 is 1.08 bits per heavy atom. The molecule has 0 spiro atoms. The molecule has 5 heteroatoms. The van der Waals surface area contributed by atoms with Crippen LogP contribution in [0.4, 0.5) is 5.69 Å². The van der Waals surface area contributed by atoms with Crippen molar-refractivity contribution < 1.29 is 14.3 Å². The molecule has 2 aromatic rings. The van der Waals surface area contributed by atoms with Crippen LogP contribution in [0, 0.1) is 0 Å². The van der Waals surface area contributed by atoms with Crippen molar-refractivity contribution in [3.63, 3.8) is 0 Å². The molecule has 0 aliphatic heterocycles. The van der Waals surface area contributed by atoms with E-state index in [9.17, 15) is 9.59 Å². The number of hydrogen-bond acceptors (Lipinski definition) is 3. The highest BCUT2D eigenvalue weighted by Gasteiger charge is 2.21. The maximum atomic E-state index is 12.3. The summed E-state index contributed by atoms with van der Waals surface area (Å²) in [6.45, 7) is 1.54. The van der Waals surface area contributed by atoms with E-state index in [1.54, 1.807) is 37.3 Å². The van der Waals surface area contributed by atoms with Gasteiger partial charge in [-0.1, -0.05) is 29.8 Å². The Morgan fingerprint density at radius 2 is 1.80 bits per heavy atom. The normalized spacial score (nSPS) is 14.3. The average Bonchev–Trinajstić information content (AvgIpc) is 2.63. The van der Waals surface area contributed by atoms with Gasteiger partial charge < -0.3 is 10.1 Å². The smallest absolute Gasteiger partial charge is 0.338 e. The molecule has 1 aliphatic rings. The van der Waals surface area contributed by atoms with Crippen LogP contribution in [0.25, 0.3) is 0 Å². The van der Waals surface area contributed by atoms with Crippen LogP contribution in [0.15, 0.2) is 42.5 Å². The van der Waals surface area contributed by atoms with Crippen LogP contribution >= 0.6 is 11.6 Å². The number of amides is 1. The summed E-state index contributed by atoms with van der Waals surface area (Å²) in [7, 11) is 0. The van der Waals surface area contributed by atoms with Crippen molar-refractivity contribution >= 4 is 29.2 Å². The van der Waals surface area contributed by atoms with Gasteiger partial charge in [-0.3, -0.25) is 4.79 Å². The van der Waals surface area contributed by atoms with Crippen molar-refractivity contribution in [2.45, 2.75) is 38.7 Å². The van der Waals surface area contributed by atoms with Crippen LogP contribution in [0.5, 0.6) is 0 Å². The minimum Gasteiger partial charge on any atom is -0.449 e. The van der Waals surface area contributed by atoms with E-state index in [0.29, 0.717) is 16.3 Å². The van der Waals surface area contributed by atoms with E-state index in [4.69, 9.17) is 16.3 Å². The number of aryl methyl sites for hydroxylation is 2. The number of hydrogen-bond donors (Lipinski definition) is 1. The first-order valence-electron chi connectivity index (χ1n) is 8.43. The van der Waals surface area contributed by atoms with Gasteiger partial charge in [0.05, 0.1) is 16.3 Å². The molecule has 0 radical (unpaired) electrons. The number of anilines is 1. The average molecular weight is 358 g/mol. The van der Waals surface area contributed by atoms with E-state index < -0.39 is 18.0 Å². The molecule has 0 unspecified atom stereocenters. The van der Waals surface area contributed by atoms with Gasteiger partial charge in [0.2, 0.25) is 0 Å². The summed E-state index contributed by atoms with van der Waals surface area (Å²) in [5.74, 6) is -0.908. The van der Waals surface area contributed by atoms with Crippen molar-refractivity contribution in [2.75, 3.05) is 5.32 Å². The molecule has 0 saturated carbocycles. The fraction of sp³-hybridized carbons (Fsp3) is 0.300. The third kappa shape index (κ3) is 4.20. The first-order chi connectivity index (χ1) is 12.0. The van der Waals surface area contributed by atoms with Crippen LogP contribution < -0.4 is 5.32 Å². The van der Waals surface area contributed by atoms with E-state index in [2.05, 4.69) is 5.32 Å². The topological polar surface area (TPSA) is 55.4 Å². The lowest BCUT2D eigenvalue weighted by Gasteiger charge is -2.17. The number of carbonyl (C=O) groups is 2. The standard InChI is InChI=1S/C20H20ClNO3/c1-13(19(23)22-18-9-5-4-8-17(18)21)25-20(24)16-11-10-14-6-2-3-7-15(14)12-16/h4-5,8-13H,2-3,6-7H2,1H3,(H,22,23)/t13-/m0/s1. The first-order valence-corrected chi connectivity index (χ1v) is 8.80. The van der Waals surface area contributed by atoms with Gasteiger partial charge in [-0.2, -0.15) is 0 Å². The maximum absolute atomic E-state index is 12.3. The highest BCUT2D eigenvalue weighted by atomic mass is 35.5. The number of nitrogens with one attached hydrogen (secondary N) is 1. The molecular formula is C20H20ClNO3. The van der Waals surface area contributed by atoms with Gasteiger partial charge in [0.1, 0.15) is 0 Å². The van der Waals surface area contributed by atoms with E-state index in [1.165, 1.54) is 17.5 Å². The van der Waals surface area contributed by atoms with Gasteiger partial charge in [0.15, 0.2) is 6.10 Å². The lowest BCUT2D eigenvalue weighted by molar-refractivity contribution is -0.123. The second-order valence-electron chi connectivity index (χ2n) is 6.21. The Morgan fingerprint density at radius 3 is 2.56 bits per heavy atom. The Hall–Kier alpha value is -2.33. The summed E-state index contributed by atoms with van der Waals surface area (Å²) in [5, 5.41) is 3.10. The van der Waals surface area contributed by atoms with Gasteiger partial charge in [0.25, 0.3) is 5.91 Å². The zero-order valence-electron chi connectivity index (χ0n) is 14.0. The Labute approximate surface area is 152 Å². The molecular weight excluding hydrogens is 338 g/mol. The number of rotatable bonds is 4. The van der Waals surface area contributed by atoms with Gasteiger partial charge in [-0.25, -0.2) is 4.79 Å². The lowest BCUT2D eigenvalue weighted by atomic mass is 9.90. The van der Waals surface area contributed by atoms with E-state index in [1.807, 2.05) is 12.1 Å². The Bertz CT molecular complexity index is 803. The molecule has 2 aromatic carbocycles. The molecule has 1 amide bonds. The second kappa shape index (κ2) is 7.70. The molecule has 25 heavy (non-hydrogen) atoms. The van der Waals surface area contributed by atoms with Crippen LogP contribution in [-0.2, 0) is 22.4 Å². The van der Waals surface area contributed by atoms with Gasteiger partial charge in [0, 0.05) is 0 Å². The third-order valence-electron chi connectivity index (χ3n) is 4.37. The summed E-state index contributed by atoms with van der Waals surface area (Å²) < 4.78 is 5.31. The van der Waals surface area contributed by atoms with Crippen LogP contribution in [0.3, 0.4) is 0 Å². The molecule has 0 fully saturated rings. The predicted molar refractivity (Wildman–Crippen MR) is 98.0 cm³/mol. The summed E-state index contributed by atoms with van der Waals surface area (Å²) in [6, 6.07) is 12.6. The van der Waals surface area contributed by atoms with E-state index >= 15 is 0 Å². The second-order valence-corrected chi connectivity index (χ2v) is 6.61. The number of halogens is 1. The maximum Gasteiger partial charge on any atom is 0.338 e. The minimum atomic E-state index is -0.917. The van der Waals surface area contributed by atoms with Crippen molar-refractivity contribution in [2.24, 2.45) is 0 Å². The number of carbonyl (C=O) groups excluding carboxylic acids is 2. The summed E-state index contributed by atoms with van der Waals surface area (Å²) in [4.78, 5) is 24.6. The fourth-order valence-corrected chi connectivity index (χ4v) is 3.12. The molecule has 1 atom stereocenters. The number of benzene rings is 2. The summed E-state index contributed by atoms with van der Waals surface area (Å²) >= 11 is 6.02. The fourth-order valence-electron chi connectivity index (χ4n) is 2.94. The molecule has 0 saturated heterocycles. The zero-order valence-corrected chi connectivity index (χ0v) is 14.8. The van der Waals surface area contributed by atoms with Crippen LogP contribution in [0.1, 0.15) is 41.3 Å². The number of fused-ring (bicyclic) bond motifs is 1. The highest BCUT2D eigenvalue weighted by Crippen LogP contribution is 2.23. The van der Waals surface area contributed by atoms with E-state index in [0.717, 1.165) is 19.3 Å². The molecule has 0 bridgehead atoms. The predicted octanol–water partition coefficient (Wildman–Crippen LogP) is 4.40.